The smallest absolute Gasteiger partial charge is 0.348 e. The fraction of sp³-hybridized carbons (Fsp3) is 0.273. The van der Waals surface area contributed by atoms with Crippen molar-refractivity contribution in [3.63, 3.8) is 0 Å². The van der Waals surface area contributed by atoms with E-state index in [1.54, 1.807) is 20.8 Å². The second-order valence-electron chi connectivity index (χ2n) is 6.74. The molecule has 0 radical (unpaired) electrons. The number of anilines is 1. The lowest BCUT2D eigenvalue weighted by molar-refractivity contribution is 0.0527. The van der Waals surface area contributed by atoms with E-state index in [1.807, 2.05) is 0 Å². The number of nitrogens with one attached hydrogen (secondary N) is 1. The summed E-state index contributed by atoms with van der Waals surface area (Å²) in [7, 11) is 0. The molecule has 0 saturated heterocycles. The lowest BCUT2D eigenvalue weighted by Crippen LogP contribution is -2.16. The van der Waals surface area contributed by atoms with Crippen LogP contribution in [0.25, 0.3) is 0 Å². The lowest BCUT2D eigenvalue weighted by atomic mass is 10.1. The van der Waals surface area contributed by atoms with Gasteiger partial charge in [-0.25, -0.2) is 23.1 Å². The number of aromatic nitrogens is 2. The van der Waals surface area contributed by atoms with Crippen molar-refractivity contribution in [3.05, 3.63) is 63.8 Å². The molecule has 3 aromatic rings. The molecule has 12 heteroatoms. The molecular weight excluding hydrogens is 472 g/mol. The highest BCUT2D eigenvalue weighted by Gasteiger charge is 2.28. The molecule has 0 atom stereocenters. The van der Waals surface area contributed by atoms with E-state index in [2.05, 4.69) is 10.4 Å². The normalized spacial score (nSPS) is 10.6. The Hall–Kier alpha value is -3.80. The van der Waals surface area contributed by atoms with Crippen molar-refractivity contribution >= 4 is 34.2 Å². The first-order valence-corrected chi connectivity index (χ1v) is 11.0. The predicted octanol–water partition coefficient (Wildman–Crippen LogP) is 4.17. The van der Waals surface area contributed by atoms with Gasteiger partial charge < -0.3 is 19.5 Å². The second-order valence-corrected chi connectivity index (χ2v) is 7.76. The quantitative estimate of drug-likeness (QED) is 0.446. The number of esters is 2. The van der Waals surface area contributed by atoms with E-state index in [0.29, 0.717) is 11.6 Å². The van der Waals surface area contributed by atoms with Crippen molar-refractivity contribution in [1.82, 2.24) is 9.78 Å². The molecule has 0 spiro atoms. The molecule has 3 rings (SSSR count). The van der Waals surface area contributed by atoms with E-state index in [0.717, 1.165) is 23.5 Å². The lowest BCUT2D eigenvalue weighted by Gasteiger charge is -2.07. The van der Waals surface area contributed by atoms with Crippen LogP contribution in [0.4, 0.5) is 13.8 Å². The zero-order valence-electron chi connectivity index (χ0n) is 18.5. The Labute approximate surface area is 197 Å². The van der Waals surface area contributed by atoms with E-state index in [9.17, 15) is 23.2 Å². The van der Waals surface area contributed by atoms with Gasteiger partial charge >= 0.3 is 11.9 Å². The number of halogens is 2. The first-order chi connectivity index (χ1) is 16.2. The molecule has 0 aliphatic rings. The van der Waals surface area contributed by atoms with E-state index in [4.69, 9.17) is 14.2 Å². The van der Waals surface area contributed by atoms with Crippen LogP contribution in [0, 0.1) is 18.6 Å². The summed E-state index contributed by atoms with van der Waals surface area (Å²) in [4.78, 5) is 37.6. The number of amides is 1. The summed E-state index contributed by atoms with van der Waals surface area (Å²) in [6, 6.07) is 4.26. The summed E-state index contributed by atoms with van der Waals surface area (Å²) in [5.41, 5.74) is 0.358. The average Bonchev–Trinajstić information content (AvgIpc) is 3.38. The minimum absolute atomic E-state index is 0.0262. The van der Waals surface area contributed by atoms with Gasteiger partial charge in [0, 0.05) is 12.3 Å². The second kappa shape index (κ2) is 10.9. The molecule has 1 N–H and O–H groups in total. The molecule has 0 aliphatic carbocycles. The maximum Gasteiger partial charge on any atom is 0.348 e. The highest BCUT2D eigenvalue weighted by molar-refractivity contribution is 7.18. The Balaban J connectivity index is 1.77. The van der Waals surface area contributed by atoms with Crippen LogP contribution < -0.4 is 10.1 Å². The van der Waals surface area contributed by atoms with Gasteiger partial charge in [0.25, 0.3) is 5.91 Å². The molecule has 1 aromatic carbocycles. The Bertz CT molecular complexity index is 1220. The van der Waals surface area contributed by atoms with Crippen molar-refractivity contribution in [1.29, 1.82) is 0 Å². The molecule has 0 bridgehead atoms. The SMILES string of the molecule is CCOC(=O)c1sc(NC(=O)c2ccn(COc3ccc(F)cc3F)n2)c(C(=O)OCC)c1C. The maximum absolute atomic E-state index is 13.7. The van der Waals surface area contributed by atoms with Gasteiger partial charge in [0.1, 0.15) is 15.7 Å². The fourth-order valence-electron chi connectivity index (χ4n) is 2.89. The van der Waals surface area contributed by atoms with E-state index in [-0.39, 0.29) is 46.8 Å². The summed E-state index contributed by atoms with van der Waals surface area (Å²) >= 11 is 0.890. The Morgan fingerprint density at radius 3 is 2.47 bits per heavy atom. The van der Waals surface area contributed by atoms with E-state index in [1.165, 1.54) is 16.9 Å². The average molecular weight is 493 g/mol. The summed E-state index contributed by atoms with van der Waals surface area (Å²) in [5, 5.41) is 6.75. The number of rotatable bonds is 9. The third-order valence-corrected chi connectivity index (χ3v) is 5.62. The number of carbonyl (C=O) groups excluding carboxylic acids is 3. The van der Waals surface area contributed by atoms with Crippen LogP contribution in [-0.2, 0) is 16.2 Å². The van der Waals surface area contributed by atoms with Crippen LogP contribution in [0.1, 0.15) is 49.9 Å². The van der Waals surface area contributed by atoms with E-state index < -0.39 is 29.5 Å². The molecule has 1 amide bonds. The van der Waals surface area contributed by atoms with Gasteiger partial charge in [0.05, 0.1) is 18.8 Å². The van der Waals surface area contributed by atoms with Crippen molar-refractivity contribution in [2.24, 2.45) is 0 Å². The van der Waals surface area contributed by atoms with Crippen molar-refractivity contribution in [3.8, 4) is 5.75 Å². The zero-order valence-corrected chi connectivity index (χ0v) is 19.3. The number of benzene rings is 1. The predicted molar refractivity (Wildman–Crippen MR) is 118 cm³/mol. The molecular formula is C22H21F2N3O6S. The maximum atomic E-state index is 13.7. The molecule has 9 nitrogen and oxygen atoms in total. The Morgan fingerprint density at radius 1 is 1.09 bits per heavy atom. The molecule has 0 fully saturated rings. The summed E-state index contributed by atoms with van der Waals surface area (Å²) in [6.45, 7) is 4.86. The molecule has 180 valence electrons. The monoisotopic (exact) mass is 493 g/mol. The third-order valence-electron chi connectivity index (χ3n) is 4.43. The summed E-state index contributed by atoms with van der Waals surface area (Å²) in [5.74, 6) is -3.76. The van der Waals surface area contributed by atoms with Crippen LogP contribution in [0.2, 0.25) is 0 Å². The Kier molecular flexibility index (Phi) is 7.95. The van der Waals surface area contributed by atoms with Gasteiger partial charge in [0.15, 0.2) is 24.0 Å². The first kappa shape index (κ1) is 24.8. The van der Waals surface area contributed by atoms with Crippen LogP contribution in [0.3, 0.4) is 0 Å². The largest absolute Gasteiger partial charge is 0.468 e. The van der Waals surface area contributed by atoms with Gasteiger partial charge in [-0.15, -0.1) is 11.3 Å². The van der Waals surface area contributed by atoms with Gasteiger partial charge in [-0.3, -0.25) is 4.79 Å². The van der Waals surface area contributed by atoms with Gasteiger partial charge in [0.2, 0.25) is 0 Å². The van der Waals surface area contributed by atoms with Crippen molar-refractivity contribution < 1.29 is 37.4 Å². The molecule has 34 heavy (non-hydrogen) atoms. The van der Waals surface area contributed by atoms with Gasteiger partial charge in [-0.2, -0.15) is 5.10 Å². The van der Waals surface area contributed by atoms with Crippen molar-refractivity contribution in [2.75, 3.05) is 18.5 Å². The molecule has 0 saturated carbocycles. The van der Waals surface area contributed by atoms with E-state index >= 15 is 0 Å². The van der Waals surface area contributed by atoms with Crippen LogP contribution >= 0.6 is 11.3 Å². The molecule has 0 unspecified atom stereocenters. The van der Waals surface area contributed by atoms with Crippen LogP contribution in [0.5, 0.6) is 5.75 Å². The number of nitrogens with zero attached hydrogens (tertiary/aromatic N) is 2. The first-order valence-electron chi connectivity index (χ1n) is 10.1. The standard InChI is InChI=1S/C22H21F2N3O6S/c1-4-31-21(29)17-12(3)18(22(30)32-5-2)34-20(17)25-19(28)15-8-9-27(26-15)11-33-16-7-6-13(23)10-14(16)24/h6-10H,4-5,11H2,1-3H3,(H,25,28). The minimum atomic E-state index is -0.873. The topological polar surface area (TPSA) is 109 Å². The highest BCUT2D eigenvalue weighted by Crippen LogP contribution is 2.34. The fourth-order valence-corrected chi connectivity index (χ4v) is 3.98. The van der Waals surface area contributed by atoms with Crippen LogP contribution in [0.15, 0.2) is 30.5 Å². The molecule has 2 heterocycles. The van der Waals surface area contributed by atoms with Crippen LogP contribution in [-0.4, -0.2) is 40.8 Å². The Morgan fingerprint density at radius 2 is 1.79 bits per heavy atom. The number of ether oxygens (including phenoxy) is 3. The van der Waals surface area contributed by atoms with Gasteiger partial charge in [-0.05, 0) is 44.5 Å². The number of thiophene rings is 1. The number of hydrogen-bond acceptors (Lipinski definition) is 8. The number of carbonyl (C=O) groups is 3. The summed E-state index contributed by atoms with van der Waals surface area (Å²) in [6.07, 6.45) is 1.42. The minimum Gasteiger partial charge on any atom is -0.468 e. The third kappa shape index (κ3) is 5.57. The zero-order chi connectivity index (χ0) is 24.8. The highest BCUT2D eigenvalue weighted by atomic mass is 32.1. The number of hydrogen-bond donors (Lipinski definition) is 1. The molecule has 0 aliphatic heterocycles. The van der Waals surface area contributed by atoms with Crippen molar-refractivity contribution in [2.45, 2.75) is 27.5 Å². The van der Waals surface area contributed by atoms with Gasteiger partial charge in [-0.1, -0.05) is 0 Å². The molecule has 2 aromatic heterocycles. The summed E-state index contributed by atoms with van der Waals surface area (Å²) < 4.78 is 43.3.